The first-order chi connectivity index (χ1) is 17.9. The maximum Gasteiger partial charge on any atom is 0.258 e. The Hall–Kier alpha value is -3.56. The van der Waals surface area contributed by atoms with Crippen LogP contribution in [0.2, 0.25) is 5.02 Å². The van der Waals surface area contributed by atoms with E-state index >= 15 is 0 Å². The van der Waals surface area contributed by atoms with E-state index in [0.717, 1.165) is 11.1 Å². The SMILES string of the molecule is COC(C(=O)Nc1ccc(CN(Cc2ccccn2)S(=O)(=O)c2ccc(Cl)cc2)cc1)c1ccccc1. The van der Waals surface area contributed by atoms with Crippen molar-refractivity contribution in [3.63, 3.8) is 0 Å². The van der Waals surface area contributed by atoms with Crippen LogP contribution in [0.25, 0.3) is 0 Å². The Labute approximate surface area is 221 Å². The van der Waals surface area contributed by atoms with Crippen molar-refractivity contribution in [2.45, 2.75) is 24.1 Å². The smallest absolute Gasteiger partial charge is 0.258 e. The number of ether oxygens (including phenoxy) is 1. The average molecular weight is 536 g/mol. The van der Waals surface area contributed by atoms with Gasteiger partial charge in [-0.3, -0.25) is 9.78 Å². The number of benzene rings is 3. The molecule has 0 fully saturated rings. The summed E-state index contributed by atoms with van der Waals surface area (Å²) < 4.78 is 33.7. The first kappa shape index (κ1) is 26.5. The first-order valence-corrected chi connectivity index (χ1v) is 13.3. The van der Waals surface area contributed by atoms with Gasteiger partial charge < -0.3 is 10.1 Å². The topological polar surface area (TPSA) is 88.6 Å². The summed E-state index contributed by atoms with van der Waals surface area (Å²) >= 11 is 5.96. The highest BCUT2D eigenvalue weighted by molar-refractivity contribution is 7.89. The van der Waals surface area contributed by atoms with E-state index in [4.69, 9.17) is 16.3 Å². The molecule has 4 aromatic rings. The lowest BCUT2D eigenvalue weighted by atomic mass is 10.1. The maximum atomic E-state index is 13.5. The lowest BCUT2D eigenvalue weighted by Crippen LogP contribution is -2.30. The third kappa shape index (κ3) is 6.81. The second-order valence-corrected chi connectivity index (χ2v) is 10.6. The Morgan fingerprint density at radius 2 is 1.59 bits per heavy atom. The van der Waals surface area contributed by atoms with Gasteiger partial charge in [-0.05, 0) is 59.7 Å². The summed E-state index contributed by atoms with van der Waals surface area (Å²) in [7, 11) is -2.36. The number of halogens is 1. The van der Waals surface area contributed by atoms with Crippen LogP contribution in [0.3, 0.4) is 0 Å². The van der Waals surface area contributed by atoms with Crippen LogP contribution in [-0.4, -0.2) is 30.7 Å². The molecular formula is C28H26ClN3O4S. The molecule has 0 spiro atoms. The second-order valence-electron chi connectivity index (χ2n) is 8.26. The highest BCUT2D eigenvalue weighted by atomic mass is 35.5. The van der Waals surface area contributed by atoms with Crippen molar-refractivity contribution in [1.82, 2.24) is 9.29 Å². The van der Waals surface area contributed by atoms with Gasteiger partial charge in [0, 0.05) is 30.6 Å². The minimum Gasteiger partial charge on any atom is -0.367 e. The largest absolute Gasteiger partial charge is 0.367 e. The molecule has 1 amide bonds. The summed E-state index contributed by atoms with van der Waals surface area (Å²) in [6, 6.07) is 27.7. The van der Waals surface area contributed by atoms with Gasteiger partial charge in [0.05, 0.1) is 17.1 Å². The van der Waals surface area contributed by atoms with Crippen molar-refractivity contribution >= 4 is 33.2 Å². The fourth-order valence-electron chi connectivity index (χ4n) is 3.78. The molecule has 1 heterocycles. The van der Waals surface area contributed by atoms with Gasteiger partial charge in [0.25, 0.3) is 5.91 Å². The highest BCUT2D eigenvalue weighted by Gasteiger charge is 2.26. The van der Waals surface area contributed by atoms with Crippen LogP contribution in [0.15, 0.2) is 108 Å². The molecule has 1 unspecified atom stereocenters. The van der Waals surface area contributed by atoms with Crippen LogP contribution >= 0.6 is 11.6 Å². The van der Waals surface area contributed by atoms with E-state index in [0.29, 0.717) is 16.4 Å². The Kier molecular flexibility index (Phi) is 8.68. The molecule has 190 valence electrons. The molecule has 1 N–H and O–H groups in total. The zero-order chi connectivity index (χ0) is 26.3. The van der Waals surface area contributed by atoms with Crippen LogP contribution in [0, 0.1) is 0 Å². The van der Waals surface area contributed by atoms with Crippen LogP contribution in [0.4, 0.5) is 5.69 Å². The molecule has 1 aromatic heterocycles. The van der Waals surface area contributed by atoms with E-state index in [1.165, 1.54) is 23.5 Å². The monoisotopic (exact) mass is 535 g/mol. The molecule has 0 aliphatic heterocycles. The highest BCUT2D eigenvalue weighted by Crippen LogP contribution is 2.24. The number of nitrogens with one attached hydrogen (secondary N) is 1. The van der Waals surface area contributed by atoms with Gasteiger partial charge in [0.1, 0.15) is 0 Å². The molecule has 37 heavy (non-hydrogen) atoms. The molecule has 0 aliphatic carbocycles. The van der Waals surface area contributed by atoms with E-state index in [9.17, 15) is 13.2 Å². The van der Waals surface area contributed by atoms with Crippen LogP contribution in [0.5, 0.6) is 0 Å². The van der Waals surface area contributed by atoms with Crippen LogP contribution in [-0.2, 0) is 32.6 Å². The third-order valence-corrected chi connectivity index (χ3v) is 7.73. The summed E-state index contributed by atoms with van der Waals surface area (Å²) in [5.41, 5.74) is 2.69. The molecule has 0 aliphatic rings. The quantitative estimate of drug-likeness (QED) is 0.291. The zero-order valence-electron chi connectivity index (χ0n) is 20.1. The molecule has 7 nitrogen and oxygen atoms in total. The molecular weight excluding hydrogens is 510 g/mol. The van der Waals surface area contributed by atoms with Crippen molar-refractivity contribution in [1.29, 1.82) is 0 Å². The number of pyridine rings is 1. The fourth-order valence-corrected chi connectivity index (χ4v) is 5.31. The van der Waals surface area contributed by atoms with E-state index in [1.54, 1.807) is 54.7 Å². The number of carbonyl (C=O) groups is 1. The molecule has 0 radical (unpaired) electrons. The van der Waals surface area contributed by atoms with Gasteiger partial charge in [-0.15, -0.1) is 0 Å². The molecule has 0 bridgehead atoms. The summed E-state index contributed by atoms with van der Waals surface area (Å²) in [6.07, 6.45) is 0.877. The summed E-state index contributed by atoms with van der Waals surface area (Å²) in [5, 5.41) is 3.31. The Bertz CT molecular complexity index is 1420. The number of sulfonamides is 1. The first-order valence-electron chi connectivity index (χ1n) is 11.5. The van der Waals surface area contributed by atoms with Gasteiger partial charge in [0.2, 0.25) is 10.0 Å². The lowest BCUT2D eigenvalue weighted by molar-refractivity contribution is -0.126. The van der Waals surface area contributed by atoms with E-state index < -0.39 is 16.1 Å². The minimum atomic E-state index is -3.84. The van der Waals surface area contributed by atoms with Gasteiger partial charge in [-0.2, -0.15) is 4.31 Å². The number of amides is 1. The number of nitrogens with zero attached hydrogens (tertiary/aromatic N) is 2. The number of hydrogen-bond donors (Lipinski definition) is 1. The predicted octanol–water partition coefficient (Wildman–Crippen LogP) is 5.45. The van der Waals surface area contributed by atoms with Gasteiger partial charge >= 0.3 is 0 Å². The Morgan fingerprint density at radius 1 is 0.919 bits per heavy atom. The number of rotatable bonds is 10. The summed E-state index contributed by atoms with van der Waals surface area (Å²) in [4.78, 5) is 17.2. The van der Waals surface area contributed by atoms with E-state index in [-0.39, 0.29) is 23.9 Å². The van der Waals surface area contributed by atoms with Crippen molar-refractivity contribution in [2.75, 3.05) is 12.4 Å². The third-order valence-electron chi connectivity index (χ3n) is 5.67. The summed E-state index contributed by atoms with van der Waals surface area (Å²) in [6.45, 7) is 0.206. The van der Waals surface area contributed by atoms with Crippen LogP contribution < -0.4 is 5.32 Å². The van der Waals surface area contributed by atoms with Crippen molar-refractivity contribution in [3.05, 3.63) is 125 Å². The number of methoxy groups -OCH3 is 1. The van der Waals surface area contributed by atoms with Crippen molar-refractivity contribution < 1.29 is 17.9 Å². The number of carbonyl (C=O) groups excluding carboxylic acids is 1. The minimum absolute atomic E-state index is 0.0941. The summed E-state index contributed by atoms with van der Waals surface area (Å²) in [5.74, 6) is -0.302. The molecule has 0 saturated carbocycles. The molecule has 1 atom stereocenters. The van der Waals surface area contributed by atoms with Crippen LogP contribution in [0.1, 0.15) is 22.9 Å². The second kappa shape index (κ2) is 12.1. The number of hydrogen-bond acceptors (Lipinski definition) is 5. The lowest BCUT2D eigenvalue weighted by Gasteiger charge is -2.22. The normalized spacial score (nSPS) is 12.3. The van der Waals surface area contributed by atoms with E-state index in [2.05, 4.69) is 10.3 Å². The predicted molar refractivity (Wildman–Crippen MR) is 143 cm³/mol. The van der Waals surface area contributed by atoms with Gasteiger partial charge in [-0.1, -0.05) is 60.1 Å². The molecule has 9 heteroatoms. The van der Waals surface area contributed by atoms with Gasteiger partial charge in [-0.25, -0.2) is 8.42 Å². The number of anilines is 1. The Morgan fingerprint density at radius 3 is 2.22 bits per heavy atom. The van der Waals surface area contributed by atoms with Crippen molar-refractivity contribution in [3.8, 4) is 0 Å². The standard InChI is InChI=1S/C28H26ClN3O4S/c1-36-27(22-7-3-2-4-8-22)28(33)31-24-14-10-21(11-15-24)19-32(20-25-9-5-6-18-30-25)37(34,35)26-16-12-23(29)13-17-26/h2-18,27H,19-20H2,1H3,(H,31,33). The van der Waals surface area contributed by atoms with Crippen molar-refractivity contribution in [2.24, 2.45) is 0 Å². The van der Waals surface area contributed by atoms with Gasteiger partial charge in [0.15, 0.2) is 6.10 Å². The maximum absolute atomic E-state index is 13.5. The molecule has 4 rings (SSSR count). The Balaban J connectivity index is 1.52. The average Bonchev–Trinajstić information content (AvgIpc) is 2.91. The zero-order valence-corrected chi connectivity index (χ0v) is 21.7. The molecule has 0 saturated heterocycles. The number of aromatic nitrogens is 1. The fraction of sp³-hybridized carbons (Fsp3) is 0.143. The molecule has 3 aromatic carbocycles. The van der Waals surface area contributed by atoms with E-state index in [1.807, 2.05) is 36.4 Å².